The molecule has 0 fully saturated rings. The van der Waals surface area contributed by atoms with E-state index in [0.29, 0.717) is 0 Å². The van der Waals surface area contributed by atoms with Crippen LogP contribution < -0.4 is 0 Å². The minimum absolute atomic E-state index is 0.178. The van der Waals surface area contributed by atoms with E-state index in [0.717, 1.165) is 6.42 Å². The average Bonchev–Trinajstić information content (AvgIpc) is 1.81. The molecule has 0 aliphatic carbocycles. The molecule has 1 unspecified atom stereocenters. The van der Waals surface area contributed by atoms with Gasteiger partial charge in [-0.25, -0.2) is 0 Å². The highest BCUT2D eigenvalue weighted by Gasteiger charge is 2.11. The van der Waals surface area contributed by atoms with Crippen LogP contribution in [0.25, 0.3) is 0 Å². The molecule has 0 aromatic rings. The SMILES string of the molecule is CCC(CC(=O)O)N(C)C. The van der Waals surface area contributed by atoms with Crippen LogP contribution >= 0.6 is 0 Å². The van der Waals surface area contributed by atoms with Gasteiger partial charge in [0.2, 0.25) is 0 Å². The minimum Gasteiger partial charge on any atom is -0.481 e. The third-order valence-electron chi connectivity index (χ3n) is 1.61. The molecule has 0 amide bonds. The van der Waals surface area contributed by atoms with Gasteiger partial charge < -0.3 is 10.0 Å². The smallest absolute Gasteiger partial charge is 0.304 e. The quantitative estimate of drug-likeness (QED) is 0.636. The van der Waals surface area contributed by atoms with Gasteiger partial charge in [-0.1, -0.05) is 6.92 Å². The van der Waals surface area contributed by atoms with Crippen molar-refractivity contribution in [2.45, 2.75) is 25.8 Å². The summed E-state index contributed by atoms with van der Waals surface area (Å²) in [4.78, 5) is 12.2. The normalized spacial score (nSPS) is 13.6. The van der Waals surface area contributed by atoms with Gasteiger partial charge >= 0.3 is 5.97 Å². The van der Waals surface area contributed by atoms with Crippen molar-refractivity contribution in [2.75, 3.05) is 14.1 Å². The van der Waals surface area contributed by atoms with Crippen LogP contribution in [0.5, 0.6) is 0 Å². The van der Waals surface area contributed by atoms with Crippen molar-refractivity contribution in [3.8, 4) is 0 Å². The highest BCUT2D eigenvalue weighted by atomic mass is 16.4. The number of carboxylic acids is 1. The zero-order valence-corrected chi connectivity index (χ0v) is 6.79. The van der Waals surface area contributed by atoms with Crippen molar-refractivity contribution < 1.29 is 9.90 Å². The first kappa shape index (κ1) is 9.43. The molecule has 60 valence electrons. The van der Waals surface area contributed by atoms with Crippen LogP contribution in [0, 0.1) is 0 Å². The number of aliphatic carboxylic acids is 1. The van der Waals surface area contributed by atoms with E-state index in [1.54, 1.807) is 0 Å². The van der Waals surface area contributed by atoms with Crippen molar-refractivity contribution in [1.82, 2.24) is 4.90 Å². The zero-order chi connectivity index (χ0) is 8.15. The van der Waals surface area contributed by atoms with Gasteiger partial charge in [-0.3, -0.25) is 4.79 Å². The Morgan fingerprint density at radius 3 is 2.20 bits per heavy atom. The predicted octanol–water partition coefficient (Wildman–Crippen LogP) is 0.801. The van der Waals surface area contributed by atoms with E-state index >= 15 is 0 Å². The molecule has 0 bridgehead atoms. The fourth-order valence-electron chi connectivity index (χ4n) is 0.894. The molecule has 0 radical (unpaired) electrons. The number of carbonyl (C=O) groups is 1. The molecule has 3 nitrogen and oxygen atoms in total. The second-order valence-corrected chi connectivity index (χ2v) is 2.62. The number of hydrogen-bond acceptors (Lipinski definition) is 2. The van der Waals surface area contributed by atoms with E-state index in [2.05, 4.69) is 0 Å². The molecule has 0 saturated heterocycles. The Morgan fingerprint density at radius 2 is 2.10 bits per heavy atom. The third-order valence-corrected chi connectivity index (χ3v) is 1.61. The van der Waals surface area contributed by atoms with Crippen LogP contribution in [-0.4, -0.2) is 36.1 Å². The lowest BCUT2D eigenvalue weighted by Crippen LogP contribution is -2.29. The highest BCUT2D eigenvalue weighted by molar-refractivity contribution is 5.67. The largest absolute Gasteiger partial charge is 0.481 e. The lowest BCUT2D eigenvalue weighted by molar-refractivity contribution is -0.138. The zero-order valence-electron chi connectivity index (χ0n) is 6.79. The van der Waals surface area contributed by atoms with Gasteiger partial charge in [0, 0.05) is 6.04 Å². The van der Waals surface area contributed by atoms with Gasteiger partial charge in [-0.15, -0.1) is 0 Å². The summed E-state index contributed by atoms with van der Waals surface area (Å²) in [6.45, 7) is 1.99. The molecule has 10 heavy (non-hydrogen) atoms. The fraction of sp³-hybridized carbons (Fsp3) is 0.857. The second kappa shape index (κ2) is 4.28. The molecule has 1 atom stereocenters. The lowest BCUT2D eigenvalue weighted by Gasteiger charge is -2.20. The average molecular weight is 145 g/mol. The lowest BCUT2D eigenvalue weighted by atomic mass is 10.1. The molecule has 0 aromatic carbocycles. The molecule has 0 spiro atoms. The Labute approximate surface area is 61.6 Å². The molecule has 0 aliphatic rings. The first-order valence-corrected chi connectivity index (χ1v) is 3.46. The fourth-order valence-corrected chi connectivity index (χ4v) is 0.894. The highest BCUT2D eigenvalue weighted by Crippen LogP contribution is 2.03. The molecule has 0 saturated carbocycles. The Balaban J connectivity index is 3.71. The second-order valence-electron chi connectivity index (χ2n) is 2.62. The van der Waals surface area contributed by atoms with E-state index in [1.165, 1.54) is 0 Å². The van der Waals surface area contributed by atoms with Crippen molar-refractivity contribution >= 4 is 5.97 Å². The van der Waals surface area contributed by atoms with Gasteiger partial charge in [-0.05, 0) is 20.5 Å². The summed E-state index contributed by atoms with van der Waals surface area (Å²) < 4.78 is 0. The van der Waals surface area contributed by atoms with Gasteiger partial charge in [0.15, 0.2) is 0 Å². The van der Waals surface area contributed by atoms with Gasteiger partial charge in [0.1, 0.15) is 0 Å². The number of hydrogen-bond donors (Lipinski definition) is 1. The van der Waals surface area contributed by atoms with Crippen LogP contribution in [0.3, 0.4) is 0 Å². The summed E-state index contributed by atoms with van der Waals surface area (Å²) in [5, 5.41) is 8.44. The van der Waals surface area contributed by atoms with Gasteiger partial charge in [-0.2, -0.15) is 0 Å². The monoisotopic (exact) mass is 145 g/mol. The van der Waals surface area contributed by atoms with Crippen molar-refractivity contribution in [1.29, 1.82) is 0 Å². The summed E-state index contributed by atoms with van der Waals surface area (Å²) in [7, 11) is 3.80. The topological polar surface area (TPSA) is 40.5 Å². The number of nitrogens with zero attached hydrogens (tertiary/aromatic N) is 1. The Morgan fingerprint density at radius 1 is 1.60 bits per heavy atom. The maximum atomic E-state index is 10.2. The minimum atomic E-state index is -0.722. The molecular weight excluding hydrogens is 130 g/mol. The standard InChI is InChI=1S/C7H15NO2/c1-4-6(8(2)3)5-7(9)10/h6H,4-5H2,1-3H3,(H,9,10). The molecule has 1 N–H and O–H groups in total. The molecule has 0 heterocycles. The van der Waals surface area contributed by atoms with Crippen LogP contribution in [0.15, 0.2) is 0 Å². The van der Waals surface area contributed by atoms with Crippen molar-refractivity contribution in [2.24, 2.45) is 0 Å². The summed E-state index contributed by atoms with van der Waals surface area (Å²) >= 11 is 0. The van der Waals surface area contributed by atoms with Crippen LogP contribution in [-0.2, 0) is 4.79 Å². The molecule has 3 heteroatoms. The van der Waals surface area contributed by atoms with Gasteiger partial charge in [0.05, 0.1) is 6.42 Å². The maximum absolute atomic E-state index is 10.2. The summed E-state index contributed by atoms with van der Waals surface area (Å²) in [6.07, 6.45) is 1.13. The van der Waals surface area contributed by atoms with E-state index in [-0.39, 0.29) is 12.5 Å². The Bertz CT molecular complexity index is 112. The van der Waals surface area contributed by atoms with Crippen LogP contribution in [0.1, 0.15) is 19.8 Å². The first-order valence-electron chi connectivity index (χ1n) is 3.46. The van der Waals surface area contributed by atoms with Crippen molar-refractivity contribution in [3.63, 3.8) is 0 Å². The summed E-state index contributed by atoms with van der Waals surface area (Å²) in [5.74, 6) is -0.722. The first-order chi connectivity index (χ1) is 4.57. The Hall–Kier alpha value is -0.570. The maximum Gasteiger partial charge on any atom is 0.304 e. The van der Waals surface area contributed by atoms with Crippen molar-refractivity contribution in [3.05, 3.63) is 0 Å². The van der Waals surface area contributed by atoms with E-state index < -0.39 is 5.97 Å². The van der Waals surface area contributed by atoms with E-state index in [4.69, 9.17) is 5.11 Å². The van der Waals surface area contributed by atoms with Crippen LogP contribution in [0.4, 0.5) is 0 Å². The van der Waals surface area contributed by atoms with Crippen LogP contribution in [0.2, 0.25) is 0 Å². The number of rotatable bonds is 4. The molecule has 0 rings (SSSR count). The molecular formula is C7H15NO2. The summed E-state index contributed by atoms with van der Waals surface area (Å²) in [6, 6.07) is 0.178. The van der Waals surface area contributed by atoms with Gasteiger partial charge in [0.25, 0.3) is 0 Å². The predicted molar refractivity (Wildman–Crippen MR) is 40.0 cm³/mol. The number of carboxylic acid groups (broad SMARTS) is 1. The molecule has 0 aromatic heterocycles. The van der Waals surface area contributed by atoms with E-state index in [1.807, 2.05) is 25.9 Å². The van der Waals surface area contributed by atoms with E-state index in [9.17, 15) is 4.79 Å². The molecule has 0 aliphatic heterocycles. The third kappa shape index (κ3) is 3.45. The summed E-state index contributed by atoms with van der Waals surface area (Å²) in [5.41, 5.74) is 0. The Kier molecular flexibility index (Phi) is 4.03.